The molecule has 0 saturated carbocycles. The van der Waals surface area contributed by atoms with Gasteiger partial charge in [-0.25, -0.2) is 4.39 Å². The first-order valence-corrected chi connectivity index (χ1v) is 7.92. The van der Waals surface area contributed by atoms with Gasteiger partial charge in [-0.1, -0.05) is 30.3 Å². The number of ether oxygens (including phenoxy) is 2. The number of hydrogen-bond acceptors (Lipinski definition) is 4. The first-order chi connectivity index (χ1) is 11.7. The molecule has 2 aromatic rings. The third-order valence-corrected chi connectivity index (χ3v) is 3.49. The van der Waals surface area contributed by atoms with Gasteiger partial charge in [-0.15, -0.1) is 0 Å². The largest absolute Gasteiger partial charge is 0.494 e. The Morgan fingerprint density at radius 3 is 2.75 bits per heavy atom. The Morgan fingerprint density at radius 1 is 1.21 bits per heavy atom. The lowest BCUT2D eigenvalue weighted by Crippen LogP contribution is -2.06. The maximum atomic E-state index is 14.3. The summed E-state index contributed by atoms with van der Waals surface area (Å²) in [5.74, 6) is -0.0673. The van der Waals surface area contributed by atoms with Crippen molar-refractivity contribution in [3.8, 4) is 16.9 Å². The van der Waals surface area contributed by atoms with E-state index < -0.39 is 5.82 Å². The van der Waals surface area contributed by atoms with Crippen LogP contribution >= 0.6 is 0 Å². The summed E-state index contributed by atoms with van der Waals surface area (Å²) in [5.41, 5.74) is 1.34. The van der Waals surface area contributed by atoms with Gasteiger partial charge in [0.05, 0.1) is 19.8 Å². The molecule has 0 fully saturated rings. The highest BCUT2D eigenvalue weighted by atomic mass is 19.1. The van der Waals surface area contributed by atoms with Crippen LogP contribution in [0.4, 0.5) is 4.39 Å². The average molecular weight is 332 g/mol. The maximum Gasteiger partial charge on any atom is 0.305 e. The molecule has 0 spiro atoms. The number of aliphatic hydroxyl groups excluding tert-OH is 1. The van der Waals surface area contributed by atoms with Crippen molar-refractivity contribution in [2.75, 3.05) is 13.2 Å². The Bertz CT molecular complexity index is 685. The first kappa shape index (κ1) is 17.9. The van der Waals surface area contributed by atoms with Crippen LogP contribution in [-0.4, -0.2) is 24.3 Å². The number of benzene rings is 2. The molecule has 128 valence electrons. The predicted octanol–water partition coefficient (Wildman–Crippen LogP) is 3.71. The predicted molar refractivity (Wildman–Crippen MR) is 89.1 cm³/mol. The van der Waals surface area contributed by atoms with E-state index in [2.05, 4.69) is 0 Å². The second kappa shape index (κ2) is 9.03. The molecule has 2 aromatic carbocycles. The minimum Gasteiger partial charge on any atom is -0.494 e. The molecule has 0 aliphatic heterocycles. The van der Waals surface area contributed by atoms with E-state index in [1.807, 2.05) is 0 Å². The Morgan fingerprint density at radius 2 is 2.00 bits per heavy atom. The lowest BCUT2D eigenvalue weighted by atomic mass is 10.0. The van der Waals surface area contributed by atoms with Gasteiger partial charge in [-0.2, -0.15) is 0 Å². The maximum absolute atomic E-state index is 14.3. The molecule has 0 heterocycles. The van der Waals surface area contributed by atoms with Crippen molar-refractivity contribution in [2.45, 2.75) is 26.4 Å². The molecule has 0 bridgehead atoms. The minimum atomic E-state index is -0.431. The Balaban J connectivity index is 2.01. The van der Waals surface area contributed by atoms with Crippen LogP contribution in [-0.2, 0) is 16.1 Å². The molecule has 4 nitrogen and oxygen atoms in total. The van der Waals surface area contributed by atoms with E-state index in [4.69, 9.17) is 14.6 Å². The van der Waals surface area contributed by atoms with Gasteiger partial charge in [-0.3, -0.25) is 4.79 Å². The van der Waals surface area contributed by atoms with Crippen LogP contribution < -0.4 is 4.74 Å². The third-order valence-electron chi connectivity index (χ3n) is 3.49. The Kier molecular flexibility index (Phi) is 6.75. The SMILES string of the molecule is CCOC(=O)CCCOc1cccc(-c2cccc(CO)c2F)c1. The van der Waals surface area contributed by atoms with Gasteiger partial charge in [0, 0.05) is 17.5 Å². The Labute approximate surface area is 140 Å². The van der Waals surface area contributed by atoms with Gasteiger partial charge in [-0.05, 0) is 31.0 Å². The molecule has 0 aliphatic rings. The van der Waals surface area contributed by atoms with Gasteiger partial charge >= 0.3 is 5.97 Å². The van der Waals surface area contributed by atoms with Crippen LogP contribution in [0, 0.1) is 5.82 Å². The van der Waals surface area contributed by atoms with E-state index in [-0.39, 0.29) is 18.1 Å². The number of halogens is 1. The molecule has 0 unspecified atom stereocenters. The number of carbonyl (C=O) groups is 1. The molecule has 0 atom stereocenters. The van der Waals surface area contributed by atoms with Crippen LogP contribution in [0.2, 0.25) is 0 Å². The molecule has 5 heteroatoms. The van der Waals surface area contributed by atoms with Crippen molar-refractivity contribution in [1.29, 1.82) is 0 Å². The summed E-state index contributed by atoms with van der Waals surface area (Å²) < 4.78 is 24.8. The van der Waals surface area contributed by atoms with Crippen molar-refractivity contribution in [2.24, 2.45) is 0 Å². The molecule has 24 heavy (non-hydrogen) atoms. The van der Waals surface area contributed by atoms with Crippen LogP contribution in [0.3, 0.4) is 0 Å². The van der Waals surface area contributed by atoms with E-state index in [1.54, 1.807) is 49.4 Å². The molecule has 0 aromatic heterocycles. The fraction of sp³-hybridized carbons (Fsp3) is 0.316. The second-order valence-electron chi connectivity index (χ2n) is 5.22. The normalized spacial score (nSPS) is 10.5. The number of hydrogen-bond donors (Lipinski definition) is 1. The lowest BCUT2D eigenvalue weighted by Gasteiger charge is -2.10. The summed E-state index contributed by atoms with van der Waals surface area (Å²) in [7, 11) is 0. The first-order valence-electron chi connectivity index (χ1n) is 7.92. The molecule has 0 radical (unpaired) electrons. The number of aliphatic hydroxyl groups is 1. The topological polar surface area (TPSA) is 55.8 Å². The van der Waals surface area contributed by atoms with Crippen molar-refractivity contribution in [1.82, 2.24) is 0 Å². The van der Waals surface area contributed by atoms with E-state index in [0.717, 1.165) is 0 Å². The summed E-state index contributed by atoms with van der Waals surface area (Å²) in [6, 6.07) is 12.0. The Hall–Kier alpha value is -2.40. The summed E-state index contributed by atoms with van der Waals surface area (Å²) in [4.78, 5) is 11.3. The highest BCUT2D eigenvalue weighted by Crippen LogP contribution is 2.28. The molecule has 1 N–H and O–H groups in total. The van der Waals surface area contributed by atoms with Crippen molar-refractivity contribution < 1.29 is 23.8 Å². The van der Waals surface area contributed by atoms with Gasteiger partial charge < -0.3 is 14.6 Å². The highest BCUT2D eigenvalue weighted by Gasteiger charge is 2.10. The standard InChI is InChI=1S/C19H21FO4/c1-2-23-18(22)10-5-11-24-16-8-3-6-14(12-16)17-9-4-7-15(13-21)19(17)20/h3-4,6-9,12,21H,2,5,10-11,13H2,1H3. The number of rotatable bonds is 8. The van der Waals surface area contributed by atoms with Crippen LogP contribution in [0.25, 0.3) is 11.1 Å². The molecule has 0 aliphatic carbocycles. The van der Waals surface area contributed by atoms with Crippen molar-refractivity contribution in [3.05, 3.63) is 53.8 Å². The lowest BCUT2D eigenvalue weighted by molar-refractivity contribution is -0.143. The van der Waals surface area contributed by atoms with E-state index in [1.165, 1.54) is 0 Å². The zero-order valence-corrected chi connectivity index (χ0v) is 13.6. The van der Waals surface area contributed by atoms with Crippen LogP contribution in [0.5, 0.6) is 5.75 Å². The summed E-state index contributed by atoms with van der Waals surface area (Å²) >= 11 is 0. The van der Waals surface area contributed by atoms with Crippen LogP contribution in [0.15, 0.2) is 42.5 Å². The molecule has 0 saturated heterocycles. The molecule has 0 amide bonds. The average Bonchev–Trinajstić information content (AvgIpc) is 2.59. The van der Waals surface area contributed by atoms with Crippen LogP contribution in [0.1, 0.15) is 25.3 Å². The van der Waals surface area contributed by atoms with Gasteiger partial charge in [0.1, 0.15) is 11.6 Å². The molecular formula is C19H21FO4. The van der Waals surface area contributed by atoms with E-state index in [0.29, 0.717) is 42.9 Å². The van der Waals surface area contributed by atoms with Gasteiger partial charge in [0.15, 0.2) is 0 Å². The minimum absolute atomic E-state index is 0.238. The summed E-state index contributed by atoms with van der Waals surface area (Å²) in [6.45, 7) is 2.18. The molecular weight excluding hydrogens is 311 g/mol. The van der Waals surface area contributed by atoms with Gasteiger partial charge in [0.2, 0.25) is 0 Å². The monoisotopic (exact) mass is 332 g/mol. The third kappa shape index (κ3) is 4.80. The zero-order valence-electron chi connectivity index (χ0n) is 13.6. The molecule has 2 rings (SSSR count). The number of esters is 1. The van der Waals surface area contributed by atoms with Gasteiger partial charge in [0.25, 0.3) is 0 Å². The smallest absolute Gasteiger partial charge is 0.305 e. The fourth-order valence-corrected chi connectivity index (χ4v) is 2.32. The van der Waals surface area contributed by atoms with E-state index >= 15 is 0 Å². The van der Waals surface area contributed by atoms with Crippen molar-refractivity contribution in [3.63, 3.8) is 0 Å². The highest BCUT2D eigenvalue weighted by molar-refractivity contribution is 5.69. The summed E-state index contributed by atoms with van der Waals surface area (Å²) in [5, 5.41) is 9.17. The number of carbonyl (C=O) groups excluding carboxylic acids is 1. The summed E-state index contributed by atoms with van der Waals surface area (Å²) in [6.07, 6.45) is 0.859. The fourth-order valence-electron chi connectivity index (χ4n) is 2.32. The zero-order chi connectivity index (χ0) is 17.4. The second-order valence-corrected chi connectivity index (χ2v) is 5.22. The van der Waals surface area contributed by atoms with E-state index in [9.17, 15) is 9.18 Å². The van der Waals surface area contributed by atoms with Crippen molar-refractivity contribution >= 4 is 5.97 Å². The quantitative estimate of drug-likeness (QED) is 0.591.